The van der Waals surface area contributed by atoms with Gasteiger partial charge in [-0.1, -0.05) is 17.7 Å². The Morgan fingerprint density at radius 1 is 1.06 bits per heavy atom. The molecule has 2 rings (SSSR count). The predicted octanol–water partition coefficient (Wildman–Crippen LogP) is 0.335. The summed E-state index contributed by atoms with van der Waals surface area (Å²) in [5.74, 6) is -0.875. The fourth-order valence-corrected chi connectivity index (χ4v) is 1.15. The van der Waals surface area contributed by atoms with Gasteiger partial charge in [-0.2, -0.15) is 0 Å². The summed E-state index contributed by atoms with van der Waals surface area (Å²) in [6, 6.07) is 6.75. The number of carboxylic acid groups (broad SMARTS) is 1. The van der Waals surface area contributed by atoms with Crippen molar-refractivity contribution in [2.24, 2.45) is 0 Å². The average molecular weight is 223 g/mol. The van der Waals surface area contributed by atoms with Gasteiger partial charge < -0.3 is 5.11 Å². The summed E-state index contributed by atoms with van der Waals surface area (Å²) in [5, 5.41) is 17.7. The number of carboxylic acids is 1. The average Bonchev–Trinajstić information content (AvgIpc) is 2.32. The zero-order valence-electron chi connectivity index (χ0n) is 9.29. The predicted molar refractivity (Wildman–Crippen MR) is 62.1 cm³/mol. The van der Waals surface area contributed by atoms with E-state index in [1.165, 1.54) is 0 Å². The largest absolute Gasteiger partial charge is 0.478 e. The van der Waals surface area contributed by atoms with Crippen molar-refractivity contribution in [3.05, 3.63) is 35.4 Å². The van der Waals surface area contributed by atoms with Crippen LogP contribution in [-0.4, -0.2) is 31.1 Å². The minimum atomic E-state index is -0.875. The summed E-state index contributed by atoms with van der Waals surface area (Å²) >= 11 is 0. The summed E-state index contributed by atoms with van der Waals surface area (Å²) in [5.41, 5.74) is 1.41. The summed E-state index contributed by atoms with van der Waals surface area (Å²) in [6.07, 6.45) is 0. The first kappa shape index (κ1) is 12.6. The molecule has 88 valence electrons. The van der Waals surface area contributed by atoms with E-state index >= 15 is 0 Å². The molecule has 1 heterocycles. The third-order valence-corrected chi connectivity index (χ3v) is 2.05. The second-order valence-electron chi connectivity index (χ2n) is 3.45. The Morgan fingerprint density at radius 3 is 1.81 bits per heavy atom. The van der Waals surface area contributed by atoms with Gasteiger partial charge in [0.15, 0.2) is 0 Å². The molecule has 0 spiro atoms. The number of hydrogen-bond acceptors (Lipinski definition) is 4. The van der Waals surface area contributed by atoms with Crippen LogP contribution in [0.2, 0.25) is 0 Å². The van der Waals surface area contributed by atoms with Gasteiger partial charge in [-0.3, -0.25) is 16.0 Å². The Labute approximate surface area is 94.9 Å². The van der Waals surface area contributed by atoms with Crippen LogP contribution in [0.15, 0.2) is 24.3 Å². The van der Waals surface area contributed by atoms with E-state index in [2.05, 4.69) is 16.0 Å². The number of hydrogen-bond donors (Lipinski definition) is 4. The maximum Gasteiger partial charge on any atom is 0.335 e. The van der Waals surface area contributed by atoms with E-state index in [-0.39, 0.29) is 0 Å². The molecule has 0 radical (unpaired) electrons. The number of aromatic carboxylic acids is 1. The molecule has 0 aromatic heterocycles. The minimum Gasteiger partial charge on any atom is -0.478 e. The molecule has 5 nitrogen and oxygen atoms in total. The topological polar surface area (TPSA) is 73.4 Å². The van der Waals surface area contributed by atoms with Crippen LogP contribution in [0, 0.1) is 6.92 Å². The van der Waals surface area contributed by atoms with Crippen LogP contribution in [0.3, 0.4) is 0 Å². The number of rotatable bonds is 1. The van der Waals surface area contributed by atoms with Crippen LogP contribution < -0.4 is 16.0 Å². The first-order chi connectivity index (χ1) is 7.70. The maximum absolute atomic E-state index is 10.3. The quantitative estimate of drug-likeness (QED) is 0.552. The summed E-state index contributed by atoms with van der Waals surface area (Å²) < 4.78 is 0. The molecule has 4 N–H and O–H groups in total. The highest BCUT2D eigenvalue weighted by molar-refractivity contribution is 5.87. The van der Waals surface area contributed by atoms with E-state index in [1.807, 2.05) is 6.92 Å². The van der Waals surface area contributed by atoms with Gasteiger partial charge in [-0.15, -0.1) is 0 Å². The van der Waals surface area contributed by atoms with E-state index in [0.29, 0.717) is 5.56 Å². The monoisotopic (exact) mass is 223 g/mol. The molecule has 16 heavy (non-hydrogen) atoms. The summed E-state index contributed by atoms with van der Waals surface area (Å²) in [6.45, 7) is 4.73. The molecule has 0 bridgehead atoms. The molecule has 1 fully saturated rings. The Hall–Kier alpha value is -1.43. The van der Waals surface area contributed by atoms with Crippen molar-refractivity contribution >= 4 is 5.97 Å². The van der Waals surface area contributed by atoms with Crippen molar-refractivity contribution in [3.8, 4) is 0 Å². The molecule has 1 saturated heterocycles. The molecule has 0 amide bonds. The molecule has 1 aromatic rings. The van der Waals surface area contributed by atoms with Gasteiger partial charge in [0.1, 0.15) is 0 Å². The highest BCUT2D eigenvalue weighted by Crippen LogP contribution is 2.01. The van der Waals surface area contributed by atoms with E-state index < -0.39 is 5.97 Å². The lowest BCUT2D eigenvalue weighted by atomic mass is 10.2. The number of benzene rings is 1. The van der Waals surface area contributed by atoms with Crippen LogP contribution in [0.5, 0.6) is 0 Å². The lowest BCUT2D eigenvalue weighted by Crippen LogP contribution is -2.47. The first-order valence-corrected chi connectivity index (χ1v) is 5.12. The molecule has 1 aromatic carbocycles. The van der Waals surface area contributed by atoms with E-state index in [4.69, 9.17) is 5.11 Å². The molecule has 1 aliphatic heterocycles. The van der Waals surface area contributed by atoms with Crippen molar-refractivity contribution < 1.29 is 9.90 Å². The van der Waals surface area contributed by atoms with Crippen LogP contribution in [-0.2, 0) is 0 Å². The standard InChI is InChI=1S/C8H8O2.C3H9N3/c1-6-2-4-7(5-3-6)8(9)10;1-4-2-6-3-5-1/h2-5H,1H3,(H,9,10);4-6H,1-3H2. The number of carbonyl (C=O) groups is 1. The van der Waals surface area contributed by atoms with Gasteiger partial charge in [0.2, 0.25) is 0 Å². The Kier molecular flexibility index (Phi) is 5.49. The van der Waals surface area contributed by atoms with Crippen molar-refractivity contribution in [3.63, 3.8) is 0 Å². The van der Waals surface area contributed by atoms with Crippen LogP contribution in [0.25, 0.3) is 0 Å². The highest BCUT2D eigenvalue weighted by atomic mass is 16.4. The Balaban J connectivity index is 0.000000181. The van der Waals surface area contributed by atoms with E-state index in [1.54, 1.807) is 24.3 Å². The van der Waals surface area contributed by atoms with Crippen LogP contribution in [0.4, 0.5) is 0 Å². The van der Waals surface area contributed by atoms with Crippen LogP contribution in [0.1, 0.15) is 15.9 Å². The normalized spacial score (nSPS) is 14.8. The lowest BCUT2D eigenvalue weighted by Gasteiger charge is -2.13. The van der Waals surface area contributed by atoms with Gasteiger partial charge in [-0.05, 0) is 19.1 Å². The third-order valence-electron chi connectivity index (χ3n) is 2.05. The first-order valence-electron chi connectivity index (χ1n) is 5.12. The van der Waals surface area contributed by atoms with Crippen molar-refractivity contribution in [1.29, 1.82) is 0 Å². The van der Waals surface area contributed by atoms with Crippen molar-refractivity contribution in [1.82, 2.24) is 16.0 Å². The molecule has 0 saturated carbocycles. The fraction of sp³-hybridized carbons (Fsp3) is 0.364. The highest BCUT2D eigenvalue weighted by Gasteiger charge is 1.98. The molecule has 0 unspecified atom stereocenters. The second-order valence-corrected chi connectivity index (χ2v) is 3.45. The van der Waals surface area contributed by atoms with Gasteiger partial charge in [0.05, 0.1) is 5.56 Å². The Morgan fingerprint density at radius 2 is 1.50 bits per heavy atom. The summed E-state index contributed by atoms with van der Waals surface area (Å²) in [4.78, 5) is 10.3. The third kappa shape index (κ3) is 4.88. The lowest BCUT2D eigenvalue weighted by molar-refractivity contribution is 0.0697. The van der Waals surface area contributed by atoms with Crippen molar-refractivity contribution in [2.45, 2.75) is 6.92 Å². The van der Waals surface area contributed by atoms with E-state index in [9.17, 15) is 4.79 Å². The number of aryl methyl sites for hydroxylation is 1. The summed E-state index contributed by atoms with van der Waals surface area (Å²) in [7, 11) is 0. The van der Waals surface area contributed by atoms with Gasteiger partial charge in [0.25, 0.3) is 0 Å². The molecular formula is C11H17N3O2. The number of nitrogens with one attached hydrogen (secondary N) is 3. The molecule has 1 aliphatic rings. The van der Waals surface area contributed by atoms with Gasteiger partial charge >= 0.3 is 5.97 Å². The minimum absolute atomic E-state index is 0.339. The molecule has 5 heteroatoms. The van der Waals surface area contributed by atoms with E-state index in [0.717, 1.165) is 25.6 Å². The second kappa shape index (κ2) is 6.95. The molecule has 0 aliphatic carbocycles. The Bertz CT molecular complexity index is 309. The zero-order valence-corrected chi connectivity index (χ0v) is 9.29. The van der Waals surface area contributed by atoms with Gasteiger partial charge in [-0.25, -0.2) is 4.79 Å². The molecular weight excluding hydrogens is 206 g/mol. The smallest absolute Gasteiger partial charge is 0.335 e. The SMILES string of the molecule is C1NCNCN1.Cc1ccc(C(=O)O)cc1. The maximum atomic E-state index is 10.3. The van der Waals surface area contributed by atoms with Crippen LogP contribution >= 0.6 is 0 Å². The van der Waals surface area contributed by atoms with Gasteiger partial charge in [0, 0.05) is 20.0 Å². The molecule has 0 atom stereocenters. The fourth-order valence-electron chi connectivity index (χ4n) is 1.15. The zero-order chi connectivity index (χ0) is 11.8. The van der Waals surface area contributed by atoms with Crippen molar-refractivity contribution in [2.75, 3.05) is 20.0 Å².